The molecular formula is C7H7ClO4. The van der Waals surface area contributed by atoms with Gasteiger partial charge in [-0.2, -0.15) is 0 Å². The van der Waals surface area contributed by atoms with E-state index in [1.54, 1.807) is 0 Å². The maximum absolute atomic E-state index is 11.1. The van der Waals surface area contributed by atoms with Crippen LogP contribution in [0.1, 0.15) is 0 Å². The Balaban J connectivity index is 2.16. The number of Topliss-reactive ketones (excluding diaryl/α,β-unsaturated/α-hetero) is 1. The van der Waals surface area contributed by atoms with Gasteiger partial charge in [0.2, 0.25) is 0 Å². The first-order valence-electron chi connectivity index (χ1n) is 3.65. The Kier molecular flexibility index (Phi) is 1.63. The average molecular weight is 191 g/mol. The second kappa shape index (κ2) is 2.44. The molecule has 1 heterocycles. The van der Waals surface area contributed by atoms with Gasteiger partial charge in [-0.3, -0.25) is 9.59 Å². The molecule has 1 saturated carbocycles. The fraction of sp³-hybridized carbons (Fsp3) is 0.714. The molecule has 1 aliphatic carbocycles. The summed E-state index contributed by atoms with van der Waals surface area (Å²) in [7, 11) is 0. The minimum Gasteiger partial charge on any atom is -0.481 e. The molecule has 2 rings (SSSR count). The van der Waals surface area contributed by atoms with Gasteiger partial charge in [0.05, 0.1) is 24.5 Å². The predicted octanol–water partition coefficient (Wildman–Crippen LogP) is -0.108. The Labute approximate surface area is 73.5 Å². The number of ether oxygens (including phenoxy) is 1. The summed E-state index contributed by atoms with van der Waals surface area (Å²) in [6.07, 6.45) is -0.361. The summed E-state index contributed by atoms with van der Waals surface area (Å²) >= 11 is 5.60. The van der Waals surface area contributed by atoms with Crippen LogP contribution in [-0.4, -0.2) is 34.9 Å². The Morgan fingerprint density at radius 2 is 2.33 bits per heavy atom. The van der Waals surface area contributed by atoms with E-state index in [9.17, 15) is 9.59 Å². The molecule has 1 aliphatic heterocycles. The van der Waals surface area contributed by atoms with Crippen LogP contribution >= 0.6 is 11.6 Å². The van der Waals surface area contributed by atoms with Gasteiger partial charge in [-0.25, -0.2) is 0 Å². The zero-order valence-electron chi connectivity index (χ0n) is 6.07. The molecule has 0 unspecified atom stereocenters. The summed E-state index contributed by atoms with van der Waals surface area (Å²) in [5.41, 5.74) is 0. The maximum Gasteiger partial charge on any atom is 0.309 e. The number of rotatable bonds is 1. The summed E-state index contributed by atoms with van der Waals surface area (Å²) in [4.78, 5) is 21.7. The Hall–Kier alpha value is -0.610. The maximum atomic E-state index is 11.1. The van der Waals surface area contributed by atoms with Crippen molar-refractivity contribution in [2.45, 2.75) is 11.5 Å². The highest BCUT2D eigenvalue weighted by Crippen LogP contribution is 2.42. The molecule has 0 bridgehead atoms. The molecule has 1 saturated heterocycles. The van der Waals surface area contributed by atoms with Crippen LogP contribution in [0.15, 0.2) is 0 Å². The summed E-state index contributed by atoms with van der Waals surface area (Å²) in [6, 6.07) is 0. The van der Waals surface area contributed by atoms with Gasteiger partial charge in [0.1, 0.15) is 5.38 Å². The number of carboxylic acid groups (broad SMARTS) is 1. The Morgan fingerprint density at radius 1 is 1.67 bits per heavy atom. The molecule has 0 aromatic rings. The van der Waals surface area contributed by atoms with Gasteiger partial charge in [-0.1, -0.05) is 0 Å². The minimum absolute atomic E-state index is 0.111. The third-order valence-electron chi connectivity index (χ3n) is 2.46. The fourth-order valence-corrected chi connectivity index (χ4v) is 2.10. The van der Waals surface area contributed by atoms with E-state index in [-0.39, 0.29) is 18.5 Å². The van der Waals surface area contributed by atoms with E-state index in [4.69, 9.17) is 21.4 Å². The Morgan fingerprint density at radius 3 is 2.92 bits per heavy atom. The molecule has 0 aromatic heterocycles. The lowest BCUT2D eigenvalue weighted by Crippen LogP contribution is -2.54. The number of alkyl halides is 1. The van der Waals surface area contributed by atoms with Crippen LogP contribution in [0.25, 0.3) is 0 Å². The molecule has 66 valence electrons. The van der Waals surface area contributed by atoms with Crippen LogP contribution in [0, 0.1) is 11.8 Å². The number of hydrogen-bond acceptors (Lipinski definition) is 3. The van der Waals surface area contributed by atoms with Gasteiger partial charge in [-0.15, -0.1) is 11.6 Å². The number of carboxylic acids is 1. The van der Waals surface area contributed by atoms with Crippen LogP contribution in [0.3, 0.4) is 0 Å². The monoisotopic (exact) mass is 190 g/mol. The minimum atomic E-state index is -0.973. The first-order chi connectivity index (χ1) is 5.63. The molecule has 0 spiro atoms. The average Bonchev–Trinajstić information content (AvgIpc) is 2.43. The van der Waals surface area contributed by atoms with Crippen molar-refractivity contribution < 1.29 is 19.4 Å². The SMILES string of the molecule is O=C1[C@H]2[C@H](OC[C@@H]2C(=O)O)[C@@H]1Cl. The van der Waals surface area contributed by atoms with Crippen LogP contribution in [0.5, 0.6) is 0 Å². The lowest BCUT2D eigenvalue weighted by molar-refractivity contribution is -0.148. The van der Waals surface area contributed by atoms with E-state index in [0.717, 1.165) is 0 Å². The second-order valence-electron chi connectivity index (χ2n) is 3.07. The predicted molar refractivity (Wildman–Crippen MR) is 39.0 cm³/mol. The van der Waals surface area contributed by atoms with Crippen LogP contribution in [0.4, 0.5) is 0 Å². The number of aliphatic carboxylic acids is 1. The summed E-state index contributed by atoms with van der Waals surface area (Å²) in [5.74, 6) is -2.34. The quantitative estimate of drug-likeness (QED) is 0.586. The second-order valence-corrected chi connectivity index (χ2v) is 3.54. The first-order valence-corrected chi connectivity index (χ1v) is 4.09. The van der Waals surface area contributed by atoms with Gasteiger partial charge in [0.25, 0.3) is 0 Å². The largest absolute Gasteiger partial charge is 0.481 e. The molecule has 0 radical (unpaired) electrons. The number of halogens is 1. The first kappa shape index (κ1) is 8.01. The third-order valence-corrected chi connectivity index (χ3v) is 2.93. The lowest BCUT2D eigenvalue weighted by Gasteiger charge is -2.33. The van der Waals surface area contributed by atoms with Gasteiger partial charge in [0.15, 0.2) is 5.78 Å². The summed E-state index contributed by atoms with van der Waals surface area (Å²) in [6.45, 7) is 0.111. The van der Waals surface area contributed by atoms with Crippen molar-refractivity contribution in [2.24, 2.45) is 11.8 Å². The van der Waals surface area contributed by atoms with Crippen molar-refractivity contribution in [2.75, 3.05) is 6.61 Å². The molecule has 4 atom stereocenters. The highest BCUT2D eigenvalue weighted by atomic mass is 35.5. The number of carbonyl (C=O) groups excluding carboxylic acids is 1. The standard InChI is InChI=1S/C7H7ClO4/c8-4-5(9)3-2(7(10)11)1-12-6(3)4/h2-4,6H,1H2,(H,10,11)/t2-,3-,4+,6-/m0/s1. The van der Waals surface area contributed by atoms with E-state index in [2.05, 4.69) is 0 Å². The smallest absolute Gasteiger partial charge is 0.309 e. The number of ketones is 1. The highest BCUT2D eigenvalue weighted by molar-refractivity contribution is 6.35. The topological polar surface area (TPSA) is 63.6 Å². The number of hydrogen-bond donors (Lipinski definition) is 1. The fourth-order valence-electron chi connectivity index (χ4n) is 1.73. The molecule has 5 heteroatoms. The third kappa shape index (κ3) is 0.820. The van der Waals surface area contributed by atoms with Crippen LogP contribution < -0.4 is 0 Å². The Bertz CT molecular complexity index is 252. The zero-order chi connectivity index (χ0) is 8.88. The van der Waals surface area contributed by atoms with Gasteiger partial charge in [0, 0.05) is 0 Å². The van der Waals surface area contributed by atoms with Gasteiger partial charge >= 0.3 is 5.97 Å². The summed E-state index contributed by atoms with van der Waals surface area (Å²) < 4.78 is 5.07. The van der Waals surface area contributed by atoms with E-state index in [1.165, 1.54) is 0 Å². The molecule has 2 fully saturated rings. The van der Waals surface area contributed by atoms with Crippen molar-refractivity contribution in [1.82, 2.24) is 0 Å². The van der Waals surface area contributed by atoms with E-state index < -0.39 is 23.2 Å². The number of fused-ring (bicyclic) bond motifs is 1. The zero-order valence-corrected chi connectivity index (χ0v) is 6.82. The van der Waals surface area contributed by atoms with Crippen LogP contribution in [0.2, 0.25) is 0 Å². The summed E-state index contributed by atoms with van der Waals surface area (Å²) in [5, 5.41) is 8.04. The molecule has 4 nitrogen and oxygen atoms in total. The normalized spacial score (nSPS) is 45.2. The lowest BCUT2D eigenvalue weighted by atomic mass is 9.74. The van der Waals surface area contributed by atoms with Crippen molar-refractivity contribution >= 4 is 23.4 Å². The van der Waals surface area contributed by atoms with Crippen molar-refractivity contribution in [3.05, 3.63) is 0 Å². The molecule has 12 heavy (non-hydrogen) atoms. The van der Waals surface area contributed by atoms with Gasteiger partial charge in [-0.05, 0) is 0 Å². The molecule has 0 amide bonds. The molecule has 0 aromatic carbocycles. The molecular weight excluding hydrogens is 184 g/mol. The van der Waals surface area contributed by atoms with Crippen LogP contribution in [-0.2, 0) is 14.3 Å². The van der Waals surface area contributed by atoms with Gasteiger partial charge < -0.3 is 9.84 Å². The molecule has 1 N–H and O–H groups in total. The van der Waals surface area contributed by atoms with E-state index >= 15 is 0 Å². The molecule has 2 aliphatic rings. The number of carbonyl (C=O) groups is 2. The van der Waals surface area contributed by atoms with Crippen molar-refractivity contribution in [1.29, 1.82) is 0 Å². The van der Waals surface area contributed by atoms with E-state index in [1.807, 2.05) is 0 Å². The van der Waals surface area contributed by atoms with E-state index in [0.29, 0.717) is 0 Å². The van der Waals surface area contributed by atoms with Crippen molar-refractivity contribution in [3.63, 3.8) is 0 Å². The van der Waals surface area contributed by atoms with Crippen molar-refractivity contribution in [3.8, 4) is 0 Å². The highest BCUT2D eigenvalue weighted by Gasteiger charge is 2.59.